The number of hydrogen-bond donors (Lipinski definition) is 2. The Morgan fingerprint density at radius 3 is 2.16 bits per heavy atom. The summed E-state index contributed by atoms with van der Waals surface area (Å²) in [4.78, 5) is 1.04. The highest BCUT2D eigenvalue weighted by Crippen LogP contribution is 2.31. The average molecular weight is 455 g/mol. The van der Waals surface area contributed by atoms with E-state index in [-0.39, 0.29) is 12.0 Å². The highest BCUT2D eigenvalue weighted by Gasteiger charge is 2.26. The molecule has 4 heteroatoms. The maximum Gasteiger partial charge on any atom is 0.0642 e. The van der Waals surface area contributed by atoms with Crippen molar-refractivity contribution >= 4 is 11.9 Å². The minimum atomic E-state index is -0.0275. The van der Waals surface area contributed by atoms with Crippen molar-refractivity contribution in [2.45, 2.75) is 53.5 Å². The summed E-state index contributed by atoms with van der Waals surface area (Å²) < 4.78 is 2.30. The Morgan fingerprint density at radius 2 is 1.72 bits per heavy atom. The molecule has 3 nitrogen and oxygen atoms in total. The quantitative estimate of drug-likeness (QED) is 0.138. The van der Waals surface area contributed by atoms with Gasteiger partial charge in [0, 0.05) is 17.1 Å². The van der Waals surface area contributed by atoms with Crippen LogP contribution in [0, 0.1) is 12.8 Å². The molecule has 1 aromatic rings. The molecule has 0 saturated heterocycles. The van der Waals surface area contributed by atoms with Gasteiger partial charge in [-0.2, -0.15) is 0 Å². The number of hydroxylamine groups is 1. The Balaban J connectivity index is 0.00000466. The van der Waals surface area contributed by atoms with Crippen molar-refractivity contribution in [2.75, 3.05) is 6.54 Å². The zero-order valence-electron chi connectivity index (χ0n) is 20.7. The normalized spacial score (nSPS) is 11.9. The first kappa shape index (κ1) is 29.7. The zero-order valence-corrected chi connectivity index (χ0v) is 21.5. The molecule has 0 aliphatic carbocycles. The van der Waals surface area contributed by atoms with Crippen LogP contribution in [0.3, 0.4) is 0 Å². The highest BCUT2D eigenvalue weighted by atomic mass is 32.2. The Morgan fingerprint density at radius 1 is 1.12 bits per heavy atom. The topological polar surface area (TPSA) is 35.5 Å². The summed E-state index contributed by atoms with van der Waals surface area (Å²) in [6.07, 6.45) is 7.85. The lowest BCUT2D eigenvalue weighted by Crippen LogP contribution is -2.40. The molecule has 1 unspecified atom stereocenters. The number of allylic oxidation sites excluding steroid dienone is 5. The number of hydrogen-bond acceptors (Lipinski definition) is 4. The van der Waals surface area contributed by atoms with Gasteiger partial charge in [0.15, 0.2) is 0 Å². The van der Waals surface area contributed by atoms with Crippen molar-refractivity contribution < 1.29 is 5.21 Å². The van der Waals surface area contributed by atoms with Crippen molar-refractivity contribution in [2.24, 2.45) is 5.92 Å². The Bertz CT molecular complexity index is 786. The molecule has 2 N–H and O–H groups in total. The van der Waals surface area contributed by atoms with E-state index in [2.05, 4.69) is 108 Å². The van der Waals surface area contributed by atoms with Crippen LogP contribution in [-0.4, -0.2) is 22.1 Å². The van der Waals surface area contributed by atoms with Gasteiger partial charge in [-0.25, -0.2) is 4.31 Å². The van der Waals surface area contributed by atoms with Crippen LogP contribution in [-0.2, 0) is 6.42 Å². The molecular formula is C28H42N2OS. The van der Waals surface area contributed by atoms with E-state index in [9.17, 15) is 5.21 Å². The maximum absolute atomic E-state index is 9.54. The molecular weight excluding hydrogens is 412 g/mol. The minimum absolute atomic E-state index is 0.0275. The Kier molecular flexibility index (Phi) is 15.2. The second-order valence-electron chi connectivity index (χ2n) is 8.06. The largest absolute Gasteiger partial charge is 0.291 e. The van der Waals surface area contributed by atoms with Gasteiger partial charge in [0.1, 0.15) is 0 Å². The summed E-state index contributed by atoms with van der Waals surface area (Å²) in [6, 6.07) is 8.68. The number of nitrogens with zero attached hydrogens (tertiary/aromatic N) is 1. The van der Waals surface area contributed by atoms with E-state index < -0.39 is 0 Å². The summed E-state index contributed by atoms with van der Waals surface area (Å²) in [5.41, 5.74) is 7.80. The lowest BCUT2D eigenvalue weighted by molar-refractivity contribution is 0.168. The fourth-order valence-corrected chi connectivity index (χ4v) is 4.46. The first-order chi connectivity index (χ1) is 15.2. The third kappa shape index (κ3) is 10.4. The lowest BCUT2D eigenvalue weighted by atomic mass is 10.0. The van der Waals surface area contributed by atoms with E-state index in [0.717, 1.165) is 29.9 Å². The van der Waals surface area contributed by atoms with E-state index in [1.807, 2.05) is 12.2 Å². The third-order valence-corrected chi connectivity index (χ3v) is 6.07. The second-order valence-corrected chi connectivity index (χ2v) is 9.18. The molecule has 0 radical (unpaired) electrons. The van der Waals surface area contributed by atoms with Crippen LogP contribution in [0.2, 0.25) is 0 Å². The van der Waals surface area contributed by atoms with Crippen LogP contribution in [0.4, 0.5) is 0 Å². The highest BCUT2D eigenvalue weighted by molar-refractivity contribution is 8.01. The molecule has 0 fully saturated rings. The fourth-order valence-electron chi connectivity index (χ4n) is 3.23. The van der Waals surface area contributed by atoms with E-state index in [1.54, 1.807) is 11.9 Å². The monoisotopic (exact) mass is 454 g/mol. The van der Waals surface area contributed by atoms with Gasteiger partial charge in [0.25, 0.3) is 0 Å². The van der Waals surface area contributed by atoms with Crippen LogP contribution in [0.15, 0.2) is 97.1 Å². The molecule has 0 heterocycles. The standard InChI is InChI=1S/C26H38N2OS.C2H4/c1-9-24(19(3)4)18-25(10-2)30-28(26(20(5)6)22(8)27-29)17-11-12-23-15-13-21(7)14-16-23;1-2/h9-10,13-16,18,20,26-27,29H,1-2,8,11-12,17H2,3-7H3;1-2H2/b25-18+;. The van der Waals surface area contributed by atoms with Crippen LogP contribution < -0.4 is 5.48 Å². The summed E-state index contributed by atoms with van der Waals surface area (Å²) in [6.45, 7) is 29.4. The van der Waals surface area contributed by atoms with Crippen molar-refractivity contribution in [1.29, 1.82) is 0 Å². The van der Waals surface area contributed by atoms with Gasteiger partial charge in [0.2, 0.25) is 0 Å². The van der Waals surface area contributed by atoms with Gasteiger partial charge in [-0.15, -0.1) is 13.2 Å². The number of rotatable bonds is 13. The van der Waals surface area contributed by atoms with E-state index in [4.69, 9.17) is 0 Å². The number of aryl methyl sites for hydroxylation is 2. The molecule has 0 saturated carbocycles. The van der Waals surface area contributed by atoms with Crippen molar-refractivity contribution in [3.05, 3.63) is 108 Å². The van der Waals surface area contributed by atoms with Crippen molar-refractivity contribution in [3.63, 3.8) is 0 Å². The first-order valence-corrected chi connectivity index (χ1v) is 11.7. The minimum Gasteiger partial charge on any atom is -0.291 e. The van der Waals surface area contributed by atoms with Crippen LogP contribution in [0.1, 0.15) is 45.2 Å². The van der Waals surface area contributed by atoms with Crippen LogP contribution >= 0.6 is 11.9 Å². The fraction of sp³-hybridized carbons (Fsp3) is 0.357. The van der Waals surface area contributed by atoms with E-state index >= 15 is 0 Å². The van der Waals surface area contributed by atoms with Crippen molar-refractivity contribution in [1.82, 2.24) is 9.79 Å². The third-order valence-electron chi connectivity index (χ3n) is 4.93. The number of nitrogens with one attached hydrogen (secondary N) is 1. The smallest absolute Gasteiger partial charge is 0.0642 e. The zero-order chi connectivity index (χ0) is 24.7. The molecule has 0 spiro atoms. The summed E-state index contributed by atoms with van der Waals surface area (Å²) in [7, 11) is 0. The molecule has 32 heavy (non-hydrogen) atoms. The predicted molar refractivity (Wildman–Crippen MR) is 145 cm³/mol. The van der Waals surface area contributed by atoms with Crippen molar-refractivity contribution in [3.8, 4) is 0 Å². The summed E-state index contributed by atoms with van der Waals surface area (Å²) in [5.74, 6) is 0.275. The van der Waals surface area contributed by atoms with Gasteiger partial charge < -0.3 is 0 Å². The van der Waals surface area contributed by atoms with E-state index in [0.29, 0.717) is 5.70 Å². The summed E-state index contributed by atoms with van der Waals surface area (Å²) >= 11 is 1.65. The molecule has 0 aliphatic heterocycles. The molecule has 1 atom stereocenters. The van der Waals surface area contributed by atoms with E-state index in [1.165, 1.54) is 16.7 Å². The van der Waals surface area contributed by atoms with Gasteiger partial charge in [-0.05, 0) is 68.7 Å². The number of benzene rings is 1. The Hall–Kier alpha value is -2.27. The van der Waals surface area contributed by atoms with Gasteiger partial charge in [-0.1, -0.05) is 81.1 Å². The van der Waals surface area contributed by atoms with Crippen LogP contribution in [0.5, 0.6) is 0 Å². The predicted octanol–water partition coefficient (Wildman–Crippen LogP) is 7.79. The SMILES string of the molecule is C=C.C=CC(/C=C(\C=C)SN(CCCc1ccc(C)cc1)C(C(=C)NO)C(C)C)=C(C)C. The molecule has 0 bridgehead atoms. The maximum atomic E-state index is 9.54. The molecule has 176 valence electrons. The second kappa shape index (κ2) is 16.4. The molecule has 1 aromatic carbocycles. The van der Waals surface area contributed by atoms with Crippen LogP contribution in [0.25, 0.3) is 0 Å². The molecule has 1 rings (SSSR count). The average Bonchev–Trinajstić information content (AvgIpc) is 2.78. The molecule has 0 amide bonds. The lowest BCUT2D eigenvalue weighted by Gasteiger charge is -2.34. The van der Waals surface area contributed by atoms with Gasteiger partial charge in [-0.3, -0.25) is 10.7 Å². The summed E-state index contributed by atoms with van der Waals surface area (Å²) in [5, 5.41) is 9.54. The molecule has 0 aromatic heterocycles. The first-order valence-electron chi connectivity index (χ1n) is 11.0. The van der Waals surface area contributed by atoms with Gasteiger partial charge in [0.05, 0.1) is 6.04 Å². The Labute approximate surface area is 201 Å². The van der Waals surface area contributed by atoms with Gasteiger partial charge >= 0.3 is 0 Å². The molecule has 0 aliphatic rings.